The van der Waals surface area contributed by atoms with E-state index in [1.54, 1.807) is 6.92 Å². The standard InChI is InChI=1S/C15H18N2O6S/c1-9(18)13-14(20)16(15(13)24-2)7-12(19)23-8-10-3-5-11(6-4-10)17(21)22/h3-6,9,13,15,18H,7-8H2,1-2H3/t9-,13-,15+/m0/s1. The summed E-state index contributed by atoms with van der Waals surface area (Å²) in [5.74, 6) is -1.33. The van der Waals surface area contributed by atoms with Gasteiger partial charge in [-0.1, -0.05) is 0 Å². The molecule has 0 aliphatic carbocycles. The van der Waals surface area contributed by atoms with Crippen LogP contribution in [0.25, 0.3) is 0 Å². The van der Waals surface area contributed by atoms with Crippen molar-refractivity contribution in [3.8, 4) is 0 Å². The highest BCUT2D eigenvalue weighted by Gasteiger charge is 2.50. The molecule has 3 atom stereocenters. The molecule has 1 aromatic carbocycles. The highest BCUT2D eigenvalue weighted by atomic mass is 32.2. The van der Waals surface area contributed by atoms with Crippen molar-refractivity contribution in [3.63, 3.8) is 0 Å². The molecular formula is C15H18N2O6S. The monoisotopic (exact) mass is 354 g/mol. The van der Waals surface area contributed by atoms with Crippen molar-refractivity contribution in [2.45, 2.75) is 25.0 Å². The number of β-lactam (4-membered cyclic amide) rings is 1. The molecule has 1 aliphatic heterocycles. The first-order chi connectivity index (χ1) is 11.3. The summed E-state index contributed by atoms with van der Waals surface area (Å²) < 4.78 is 5.10. The molecule has 8 nitrogen and oxygen atoms in total. The lowest BCUT2D eigenvalue weighted by molar-refractivity contribution is -0.384. The van der Waals surface area contributed by atoms with Crippen LogP contribution in [0.4, 0.5) is 5.69 Å². The first-order valence-corrected chi connectivity index (χ1v) is 8.54. The minimum absolute atomic E-state index is 0.0252. The van der Waals surface area contributed by atoms with E-state index in [9.17, 15) is 24.8 Å². The van der Waals surface area contributed by atoms with E-state index in [1.807, 2.05) is 6.26 Å². The van der Waals surface area contributed by atoms with Crippen molar-refractivity contribution in [2.24, 2.45) is 5.92 Å². The number of hydrogen-bond acceptors (Lipinski definition) is 7. The van der Waals surface area contributed by atoms with Gasteiger partial charge in [-0.15, -0.1) is 11.8 Å². The Morgan fingerprint density at radius 2 is 2.08 bits per heavy atom. The predicted molar refractivity (Wildman–Crippen MR) is 87.1 cm³/mol. The van der Waals surface area contributed by atoms with Crippen LogP contribution in [0.3, 0.4) is 0 Å². The van der Waals surface area contributed by atoms with Crippen LogP contribution in [0, 0.1) is 16.0 Å². The maximum Gasteiger partial charge on any atom is 0.326 e. The zero-order chi connectivity index (χ0) is 17.9. The number of aliphatic hydroxyl groups excluding tert-OH is 1. The Balaban J connectivity index is 1.85. The first kappa shape index (κ1) is 18.2. The fourth-order valence-corrected chi connectivity index (χ4v) is 3.57. The molecule has 1 fully saturated rings. The lowest BCUT2D eigenvalue weighted by Crippen LogP contribution is -2.63. The smallest absolute Gasteiger partial charge is 0.326 e. The van der Waals surface area contributed by atoms with E-state index in [2.05, 4.69) is 0 Å². The molecular weight excluding hydrogens is 336 g/mol. The topological polar surface area (TPSA) is 110 Å². The Morgan fingerprint density at radius 1 is 1.46 bits per heavy atom. The fourth-order valence-electron chi connectivity index (χ4n) is 2.50. The van der Waals surface area contributed by atoms with E-state index < -0.39 is 22.9 Å². The van der Waals surface area contributed by atoms with E-state index >= 15 is 0 Å². The number of carbonyl (C=O) groups is 2. The molecule has 24 heavy (non-hydrogen) atoms. The largest absolute Gasteiger partial charge is 0.459 e. The summed E-state index contributed by atoms with van der Waals surface area (Å²) in [6.45, 7) is 1.35. The Hall–Kier alpha value is -2.13. The van der Waals surface area contributed by atoms with Gasteiger partial charge in [0.15, 0.2) is 0 Å². The van der Waals surface area contributed by atoms with E-state index in [0.717, 1.165) is 0 Å². The molecule has 0 aromatic heterocycles. The molecule has 2 rings (SSSR count). The third-order valence-corrected chi connectivity index (χ3v) is 4.82. The first-order valence-electron chi connectivity index (χ1n) is 7.25. The van der Waals surface area contributed by atoms with Crippen molar-refractivity contribution in [1.29, 1.82) is 0 Å². The molecule has 1 aromatic rings. The van der Waals surface area contributed by atoms with Crippen molar-refractivity contribution in [2.75, 3.05) is 12.8 Å². The summed E-state index contributed by atoms with van der Waals surface area (Å²) in [7, 11) is 0. The summed E-state index contributed by atoms with van der Waals surface area (Å²) in [6.07, 6.45) is 1.05. The molecule has 0 saturated carbocycles. The van der Waals surface area contributed by atoms with Gasteiger partial charge in [0, 0.05) is 12.1 Å². The molecule has 130 valence electrons. The van der Waals surface area contributed by atoms with Gasteiger partial charge in [-0.3, -0.25) is 19.7 Å². The number of rotatable bonds is 7. The number of hydrogen-bond donors (Lipinski definition) is 1. The van der Waals surface area contributed by atoms with E-state index in [0.29, 0.717) is 5.56 Å². The van der Waals surface area contributed by atoms with Gasteiger partial charge in [-0.05, 0) is 30.9 Å². The number of non-ortho nitro benzene ring substituents is 1. The Labute approximate surface area is 142 Å². The van der Waals surface area contributed by atoms with Crippen LogP contribution in [-0.4, -0.2) is 51.1 Å². The fraction of sp³-hybridized carbons (Fsp3) is 0.467. The maximum absolute atomic E-state index is 12.0. The number of esters is 1. The second-order valence-electron chi connectivity index (χ2n) is 5.44. The molecule has 0 radical (unpaired) electrons. The molecule has 0 bridgehead atoms. The number of nitrogens with zero attached hydrogens (tertiary/aromatic N) is 2. The molecule has 1 saturated heterocycles. The van der Waals surface area contributed by atoms with Gasteiger partial charge in [-0.2, -0.15) is 0 Å². The van der Waals surface area contributed by atoms with Crippen LogP contribution in [0.15, 0.2) is 24.3 Å². The Bertz CT molecular complexity index is 633. The normalized spacial score (nSPS) is 21.1. The number of likely N-dealkylation sites (tertiary alicyclic amines) is 1. The average molecular weight is 354 g/mol. The van der Waals surface area contributed by atoms with Gasteiger partial charge in [-0.25, -0.2) is 0 Å². The number of thioether (sulfide) groups is 1. The van der Waals surface area contributed by atoms with Crippen molar-refractivity contribution in [3.05, 3.63) is 39.9 Å². The summed E-state index contributed by atoms with van der Waals surface area (Å²) in [5.41, 5.74) is 0.579. The van der Waals surface area contributed by atoms with Crippen LogP contribution in [-0.2, 0) is 20.9 Å². The van der Waals surface area contributed by atoms with E-state index in [1.165, 1.54) is 40.9 Å². The van der Waals surface area contributed by atoms with Crippen LogP contribution < -0.4 is 0 Å². The molecule has 1 heterocycles. The quantitative estimate of drug-likeness (QED) is 0.339. The number of carbonyl (C=O) groups excluding carboxylic acids is 2. The highest BCUT2D eigenvalue weighted by Crippen LogP contribution is 2.35. The zero-order valence-corrected chi connectivity index (χ0v) is 14.1. The highest BCUT2D eigenvalue weighted by molar-refractivity contribution is 7.99. The summed E-state index contributed by atoms with van der Waals surface area (Å²) >= 11 is 1.39. The average Bonchev–Trinajstić information content (AvgIpc) is 2.55. The van der Waals surface area contributed by atoms with Crippen molar-refractivity contribution in [1.82, 2.24) is 4.90 Å². The number of nitro groups is 1. The van der Waals surface area contributed by atoms with Gasteiger partial charge >= 0.3 is 5.97 Å². The second kappa shape index (κ2) is 7.63. The molecule has 0 spiro atoms. The minimum Gasteiger partial charge on any atom is -0.459 e. The van der Waals surface area contributed by atoms with Crippen LogP contribution in [0.2, 0.25) is 0 Å². The lowest BCUT2D eigenvalue weighted by Gasteiger charge is -2.46. The SMILES string of the molecule is CS[C@@H]1[C@@H]([C@H](C)O)C(=O)N1CC(=O)OCc1ccc([N+](=O)[O-])cc1. The van der Waals surface area contributed by atoms with E-state index in [-0.39, 0.29) is 30.1 Å². The van der Waals surface area contributed by atoms with Gasteiger partial charge in [0.25, 0.3) is 5.69 Å². The number of aliphatic hydroxyl groups is 1. The molecule has 0 unspecified atom stereocenters. The third kappa shape index (κ3) is 3.85. The van der Waals surface area contributed by atoms with E-state index in [4.69, 9.17) is 4.74 Å². The summed E-state index contributed by atoms with van der Waals surface area (Å²) in [4.78, 5) is 35.3. The van der Waals surface area contributed by atoms with Crippen LogP contribution in [0.5, 0.6) is 0 Å². The summed E-state index contributed by atoms with van der Waals surface area (Å²) in [6, 6.07) is 5.68. The molecule has 1 amide bonds. The van der Waals surface area contributed by atoms with Gasteiger partial charge in [0.1, 0.15) is 13.2 Å². The number of amides is 1. The van der Waals surface area contributed by atoms with Gasteiger partial charge in [0.2, 0.25) is 5.91 Å². The second-order valence-corrected chi connectivity index (χ2v) is 6.40. The third-order valence-electron chi connectivity index (χ3n) is 3.79. The molecule has 9 heteroatoms. The van der Waals surface area contributed by atoms with Gasteiger partial charge in [0.05, 0.1) is 22.3 Å². The predicted octanol–water partition coefficient (Wildman–Crippen LogP) is 1.17. The van der Waals surface area contributed by atoms with Crippen molar-refractivity contribution >= 4 is 29.3 Å². The lowest BCUT2D eigenvalue weighted by atomic mass is 9.93. The molecule has 1 N–H and O–H groups in total. The van der Waals surface area contributed by atoms with Crippen LogP contribution >= 0.6 is 11.8 Å². The molecule has 1 aliphatic rings. The number of nitro benzene ring substituents is 1. The Morgan fingerprint density at radius 3 is 2.58 bits per heavy atom. The number of benzene rings is 1. The zero-order valence-electron chi connectivity index (χ0n) is 13.2. The Kier molecular flexibility index (Phi) is 5.79. The van der Waals surface area contributed by atoms with Crippen LogP contribution in [0.1, 0.15) is 12.5 Å². The minimum atomic E-state index is -0.762. The number of ether oxygens (including phenoxy) is 1. The summed E-state index contributed by atoms with van der Waals surface area (Å²) in [5, 5.41) is 19.9. The van der Waals surface area contributed by atoms with Crippen molar-refractivity contribution < 1.29 is 24.4 Å². The van der Waals surface area contributed by atoms with Gasteiger partial charge < -0.3 is 14.7 Å². The maximum atomic E-state index is 12.0.